The predicted molar refractivity (Wildman–Crippen MR) is 121 cm³/mol. The van der Waals surface area contributed by atoms with Crippen LogP contribution in [0, 0.1) is 0 Å². The molecule has 4 rings (SSSR count). The number of carbonyl (C=O) groups excluding carboxylic acids is 1. The summed E-state index contributed by atoms with van der Waals surface area (Å²) in [5.74, 6) is 0.960. The zero-order chi connectivity index (χ0) is 22.7. The first-order valence-corrected chi connectivity index (χ1v) is 10.9. The first-order chi connectivity index (χ1) is 15.6. The summed E-state index contributed by atoms with van der Waals surface area (Å²) in [6.07, 6.45) is 0.645. The van der Waals surface area contributed by atoms with Crippen LogP contribution in [0.3, 0.4) is 0 Å². The van der Waals surface area contributed by atoms with Crippen molar-refractivity contribution in [1.82, 2.24) is 4.90 Å². The van der Waals surface area contributed by atoms with Gasteiger partial charge in [0.2, 0.25) is 5.76 Å². The number of hydrogen-bond acceptors (Lipinski definition) is 6. The number of methoxy groups -OCH3 is 1. The van der Waals surface area contributed by atoms with Crippen LogP contribution < -0.4 is 14.9 Å². The Hall–Kier alpha value is -3.32. The molecule has 1 aromatic heterocycles. The van der Waals surface area contributed by atoms with E-state index in [1.165, 1.54) is 0 Å². The van der Waals surface area contributed by atoms with Gasteiger partial charge >= 0.3 is 0 Å². The molecule has 0 spiro atoms. The normalized spacial score (nSPS) is 15.3. The minimum Gasteiger partial charge on any atom is -0.493 e. The van der Waals surface area contributed by atoms with E-state index in [4.69, 9.17) is 18.6 Å². The number of ether oxygens (including phenoxy) is 3. The van der Waals surface area contributed by atoms with Crippen molar-refractivity contribution in [1.29, 1.82) is 0 Å². The molecule has 0 bridgehead atoms. The van der Waals surface area contributed by atoms with Crippen LogP contribution in [0.15, 0.2) is 51.7 Å². The summed E-state index contributed by atoms with van der Waals surface area (Å²) in [4.78, 5) is 28.5. The monoisotopic (exact) mass is 437 g/mol. The zero-order valence-electron chi connectivity index (χ0n) is 18.6. The Bertz CT molecular complexity index is 1180. The van der Waals surface area contributed by atoms with Gasteiger partial charge in [-0.05, 0) is 50.1 Å². The molecule has 1 atom stereocenters. The lowest BCUT2D eigenvalue weighted by Gasteiger charge is -2.25. The van der Waals surface area contributed by atoms with Crippen molar-refractivity contribution in [2.75, 3.05) is 33.5 Å². The Kier molecular flexibility index (Phi) is 6.46. The maximum Gasteiger partial charge on any atom is 0.290 e. The van der Waals surface area contributed by atoms with Gasteiger partial charge in [-0.1, -0.05) is 18.2 Å². The Morgan fingerprint density at radius 2 is 1.84 bits per heavy atom. The van der Waals surface area contributed by atoms with Crippen LogP contribution in [0.4, 0.5) is 0 Å². The van der Waals surface area contributed by atoms with Crippen LogP contribution in [0.2, 0.25) is 0 Å². The fraction of sp³-hybridized carbons (Fsp3) is 0.360. The summed E-state index contributed by atoms with van der Waals surface area (Å²) in [6, 6.07) is 11.9. The molecule has 168 valence electrons. The van der Waals surface area contributed by atoms with Crippen LogP contribution in [-0.4, -0.2) is 44.3 Å². The highest BCUT2D eigenvalue weighted by Gasteiger charge is 2.42. The van der Waals surface area contributed by atoms with E-state index in [1.54, 1.807) is 42.3 Å². The molecule has 7 nitrogen and oxygen atoms in total. The summed E-state index contributed by atoms with van der Waals surface area (Å²) >= 11 is 0. The molecule has 0 radical (unpaired) electrons. The van der Waals surface area contributed by atoms with Gasteiger partial charge in [-0.3, -0.25) is 9.59 Å². The van der Waals surface area contributed by atoms with E-state index >= 15 is 0 Å². The fourth-order valence-corrected chi connectivity index (χ4v) is 4.15. The van der Waals surface area contributed by atoms with E-state index in [0.717, 1.165) is 5.56 Å². The molecule has 0 N–H and O–H groups in total. The van der Waals surface area contributed by atoms with Gasteiger partial charge in [0.25, 0.3) is 5.91 Å². The van der Waals surface area contributed by atoms with Crippen LogP contribution in [-0.2, 0) is 4.74 Å². The molecule has 1 amide bonds. The minimum atomic E-state index is -0.579. The number of fused-ring (bicyclic) bond motifs is 2. The van der Waals surface area contributed by atoms with Gasteiger partial charge in [0, 0.05) is 19.8 Å². The van der Waals surface area contributed by atoms with Gasteiger partial charge in [0.1, 0.15) is 5.58 Å². The van der Waals surface area contributed by atoms with E-state index in [9.17, 15) is 9.59 Å². The minimum absolute atomic E-state index is 0.1000. The summed E-state index contributed by atoms with van der Waals surface area (Å²) < 4.78 is 22.5. The second kappa shape index (κ2) is 9.44. The molecule has 1 aliphatic rings. The third kappa shape index (κ3) is 3.84. The second-order valence-electron chi connectivity index (χ2n) is 7.47. The molecule has 2 aromatic carbocycles. The lowest BCUT2D eigenvalue weighted by atomic mass is 9.98. The average molecular weight is 437 g/mol. The molecule has 0 saturated heterocycles. The Morgan fingerprint density at radius 3 is 2.59 bits per heavy atom. The third-order valence-corrected chi connectivity index (χ3v) is 5.57. The Balaban J connectivity index is 1.85. The maximum atomic E-state index is 13.5. The average Bonchev–Trinajstić information content (AvgIpc) is 3.09. The van der Waals surface area contributed by atoms with Gasteiger partial charge in [-0.25, -0.2) is 0 Å². The number of benzene rings is 2. The highest BCUT2D eigenvalue weighted by atomic mass is 16.5. The molecular formula is C25H27NO6. The second-order valence-corrected chi connectivity index (χ2v) is 7.47. The number of amides is 1. The predicted octanol–water partition coefficient (Wildman–Crippen LogP) is 4.17. The van der Waals surface area contributed by atoms with E-state index in [-0.39, 0.29) is 17.1 Å². The van der Waals surface area contributed by atoms with E-state index < -0.39 is 6.04 Å². The van der Waals surface area contributed by atoms with Gasteiger partial charge < -0.3 is 23.5 Å². The zero-order valence-corrected chi connectivity index (χ0v) is 18.6. The van der Waals surface area contributed by atoms with Crippen molar-refractivity contribution in [2.45, 2.75) is 26.3 Å². The maximum absolute atomic E-state index is 13.5. The van der Waals surface area contributed by atoms with E-state index in [2.05, 4.69) is 0 Å². The van der Waals surface area contributed by atoms with Crippen molar-refractivity contribution in [3.8, 4) is 11.5 Å². The van der Waals surface area contributed by atoms with Crippen LogP contribution in [0.1, 0.15) is 48.0 Å². The molecule has 1 unspecified atom stereocenters. The Labute approximate surface area is 186 Å². The number of para-hydroxylation sites is 1. The molecular weight excluding hydrogens is 410 g/mol. The fourth-order valence-electron chi connectivity index (χ4n) is 4.15. The molecule has 0 fully saturated rings. The van der Waals surface area contributed by atoms with Crippen LogP contribution in [0.5, 0.6) is 11.5 Å². The van der Waals surface area contributed by atoms with Crippen molar-refractivity contribution in [3.63, 3.8) is 0 Å². The molecule has 7 heteroatoms. The number of rotatable bonds is 9. The van der Waals surface area contributed by atoms with Crippen LogP contribution in [0.25, 0.3) is 11.0 Å². The highest BCUT2D eigenvalue weighted by Crippen LogP contribution is 2.41. The van der Waals surface area contributed by atoms with E-state index in [1.807, 2.05) is 26.0 Å². The van der Waals surface area contributed by atoms with Gasteiger partial charge in [0.15, 0.2) is 16.9 Å². The Morgan fingerprint density at radius 1 is 1.03 bits per heavy atom. The number of nitrogens with zero attached hydrogens (tertiary/aromatic N) is 1. The molecule has 32 heavy (non-hydrogen) atoms. The van der Waals surface area contributed by atoms with Crippen molar-refractivity contribution < 1.29 is 23.4 Å². The smallest absolute Gasteiger partial charge is 0.290 e. The molecule has 3 aromatic rings. The number of carbonyl (C=O) groups is 1. The molecule has 2 heterocycles. The highest BCUT2D eigenvalue weighted by molar-refractivity contribution is 5.99. The SMILES string of the molecule is CCOCCCN1C(=O)c2oc3ccccc3c(=O)c2C1c1ccc(OCC)c(OC)c1. The lowest BCUT2D eigenvalue weighted by Crippen LogP contribution is -2.31. The summed E-state index contributed by atoms with van der Waals surface area (Å²) in [7, 11) is 1.57. The lowest BCUT2D eigenvalue weighted by molar-refractivity contribution is 0.0695. The van der Waals surface area contributed by atoms with Gasteiger partial charge in [0.05, 0.1) is 30.7 Å². The first-order valence-electron chi connectivity index (χ1n) is 10.9. The number of hydrogen-bond donors (Lipinski definition) is 0. The summed E-state index contributed by atoms with van der Waals surface area (Å²) in [5, 5.41) is 0.457. The van der Waals surface area contributed by atoms with Crippen molar-refractivity contribution in [2.24, 2.45) is 0 Å². The molecule has 1 aliphatic heterocycles. The quantitative estimate of drug-likeness (QED) is 0.468. The van der Waals surface area contributed by atoms with Crippen LogP contribution >= 0.6 is 0 Å². The molecule has 0 saturated carbocycles. The topological polar surface area (TPSA) is 78.2 Å². The van der Waals surface area contributed by atoms with Gasteiger partial charge in [-0.2, -0.15) is 0 Å². The van der Waals surface area contributed by atoms with E-state index in [0.29, 0.717) is 60.8 Å². The third-order valence-electron chi connectivity index (χ3n) is 5.57. The first kappa shape index (κ1) is 21.9. The van der Waals surface area contributed by atoms with Crippen molar-refractivity contribution >= 4 is 16.9 Å². The summed E-state index contributed by atoms with van der Waals surface area (Å²) in [6.45, 7) is 5.90. The molecule has 0 aliphatic carbocycles. The summed E-state index contributed by atoms with van der Waals surface area (Å²) in [5.41, 5.74) is 1.33. The van der Waals surface area contributed by atoms with Crippen molar-refractivity contribution in [3.05, 3.63) is 69.6 Å². The standard InChI is InChI=1S/C25H27NO6/c1-4-30-14-8-13-26-22(16-11-12-19(31-5-2)20(15-16)29-3)21-23(27)17-9-6-7-10-18(17)32-24(21)25(26)28/h6-7,9-12,15,22H,4-5,8,13-14H2,1-3H3. The van der Waals surface area contributed by atoms with Gasteiger partial charge in [-0.15, -0.1) is 0 Å². The largest absolute Gasteiger partial charge is 0.493 e.